The Kier molecular flexibility index (Phi) is 6.91. The molecule has 0 aliphatic carbocycles. The number of nitrogens with zero attached hydrogens (tertiary/aromatic N) is 5. The van der Waals surface area contributed by atoms with Gasteiger partial charge in [-0.05, 0) is 71.9 Å². The standard InChI is InChI=1S/C22H32ClN5O5/c1-9-13-12(2)10-14(31-13)27-11-24-15-16(27)25-18(23)26-17(15)28(19(29)32-21(3,4)5)20(30)33-22(6,7)8/h11-14H,9-10H2,1-8H3/t12-,13+,14+/m0/s1. The highest BCUT2D eigenvalue weighted by atomic mass is 35.5. The molecular formula is C22H32ClN5O5. The molecule has 2 aromatic rings. The highest BCUT2D eigenvalue weighted by molar-refractivity contribution is 6.29. The highest BCUT2D eigenvalue weighted by Crippen LogP contribution is 2.37. The minimum absolute atomic E-state index is 0.115. The van der Waals surface area contributed by atoms with Crippen molar-refractivity contribution in [3.05, 3.63) is 11.6 Å². The molecule has 2 aromatic heterocycles. The molecule has 10 nitrogen and oxygen atoms in total. The van der Waals surface area contributed by atoms with Crippen molar-refractivity contribution >= 4 is 40.8 Å². The number of amides is 2. The van der Waals surface area contributed by atoms with Crippen molar-refractivity contribution in [1.29, 1.82) is 0 Å². The van der Waals surface area contributed by atoms with Gasteiger partial charge in [-0.2, -0.15) is 14.9 Å². The third-order valence-corrected chi connectivity index (χ3v) is 5.16. The molecule has 2 amide bonds. The number of halogens is 1. The van der Waals surface area contributed by atoms with Crippen LogP contribution in [0.2, 0.25) is 5.28 Å². The van der Waals surface area contributed by atoms with Crippen molar-refractivity contribution < 1.29 is 23.8 Å². The zero-order valence-corrected chi connectivity index (χ0v) is 21.1. The number of rotatable bonds is 3. The zero-order valence-electron chi connectivity index (χ0n) is 20.4. The molecule has 3 rings (SSSR count). The Morgan fingerprint density at radius 3 is 2.21 bits per heavy atom. The van der Waals surface area contributed by atoms with E-state index in [1.54, 1.807) is 52.4 Å². The molecule has 182 valence electrons. The lowest BCUT2D eigenvalue weighted by molar-refractivity contribution is -0.00304. The Balaban J connectivity index is 2.10. The van der Waals surface area contributed by atoms with Gasteiger partial charge in [-0.1, -0.05) is 13.8 Å². The van der Waals surface area contributed by atoms with Crippen LogP contribution >= 0.6 is 11.6 Å². The van der Waals surface area contributed by atoms with Gasteiger partial charge < -0.3 is 14.2 Å². The summed E-state index contributed by atoms with van der Waals surface area (Å²) in [5.74, 6) is 0.236. The van der Waals surface area contributed by atoms with E-state index in [0.29, 0.717) is 16.5 Å². The molecule has 0 unspecified atom stereocenters. The number of imidazole rings is 1. The Hall–Kier alpha value is -2.46. The molecule has 0 spiro atoms. The van der Waals surface area contributed by atoms with Crippen LogP contribution in [0.1, 0.15) is 74.5 Å². The molecule has 1 saturated heterocycles. The minimum Gasteiger partial charge on any atom is -0.443 e. The second kappa shape index (κ2) is 9.06. The molecule has 0 saturated carbocycles. The predicted molar refractivity (Wildman–Crippen MR) is 123 cm³/mol. The first kappa shape index (κ1) is 25.2. The van der Waals surface area contributed by atoms with Gasteiger partial charge >= 0.3 is 12.2 Å². The van der Waals surface area contributed by atoms with Crippen LogP contribution in [0.25, 0.3) is 11.2 Å². The van der Waals surface area contributed by atoms with E-state index in [0.717, 1.165) is 12.8 Å². The van der Waals surface area contributed by atoms with Crippen molar-refractivity contribution in [1.82, 2.24) is 19.5 Å². The van der Waals surface area contributed by atoms with Crippen LogP contribution < -0.4 is 4.90 Å². The van der Waals surface area contributed by atoms with E-state index in [-0.39, 0.29) is 29.0 Å². The van der Waals surface area contributed by atoms with Crippen LogP contribution in [0.3, 0.4) is 0 Å². The summed E-state index contributed by atoms with van der Waals surface area (Å²) < 4.78 is 18.8. The van der Waals surface area contributed by atoms with Crippen LogP contribution in [0.15, 0.2) is 6.33 Å². The van der Waals surface area contributed by atoms with E-state index in [1.807, 2.05) is 0 Å². The number of aromatic nitrogens is 4. The Morgan fingerprint density at radius 1 is 1.15 bits per heavy atom. The van der Waals surface area contributed by atoms with Gasteiger partial charge in [0.2, 0.25) is 5.28 Å². The molecule has 0 bridgehead atoms. The third kappa shape index (κ3) is 5.73. The maximum absolute atomic E-state index is 13.1. The smallest absolute Gasteiger partial charge is 0.425 e. The van der Waals surface area contributed by atoms with Crippen LogP contribution in [0, 0.1) is 5.92 Å². The summed E-state index contributed by atoms with van der Waals surface area (Å²) in [5, 5.41) is -0.158. The number of anilines is 1. The molecule has 1 aliphatic heterocycles. The van der Waals surface area contributed by atoms with Crippen LogP contribution in [-0.2, 0) is 14.2 Å². The third-order valence-electron chi connectivity index (χ3n) is 4.99. The summed E-state index contributed by atoms with van der Waals surface area (Å²) in [6.45, 7) is 14.4. The summed E-state index contributed by atoms with van der Waals surface area (Å²) in [6.07, 6.45) is 1.10. The molecule has 1 aliphatic rings. The van der Waals surface area contributed by atoms with E-state index in [4.69, 9.17) is 25.8 Å². The molecule has 0 aromatic carbocycles. The quantitative estimate of drug-likeness (QED) is 0.529. The maximum Gasteiger partial charge on any atom is 0.425 e. The lowest BCUT2D eigenvalue weighted by Gasteiger charge is -2.28. The molecule has 0 N–H and O–H groups in total. The van der Waals surface area contributed by atoms with Gasteiger partial charge in [-0.3, -0.25) is 4.57 Å². The van der Waals surface area contributed by atoms with E-state index < -0.39 is 23.4 Å². The first-order valence-corrected chi connectivity index (χ1v) is 11.4. The normalized spacial score (nSPS) is 21.3. The molecule has 1 fully saturated rings. The van der Waals surface area contributed by atoms with Gasteiger partial charge in [0.15, 0.2) is 17.0 Å². The van der Waals surface area contributed by atoms with Gasteiger partial charge in [0.1, 0.15) is 17.4 Å². The largest absolute Gasteiger partial charge is 0.443 e. The predicted octanol–water partition coefficient (Wildman–Crippen LogP) is 5.49. The van der Waals surface area contributed by atoms with Gasteiger partial charge in [0.05, 0.1) is 12.4 Å². The lowest BCUT2D eigenvalue weighted by Crippen LogP contribution is -2.44. The summed E-state index contributed by atoms with van der Waals surface area (Å²) >= 11 is 6.23. The summed E-state index contributed by atoms with van der Waals surface area (Å²) in [4.78, 5) is 39.7. The van der Waals surface area contributed by atoms with E-state index in [2.05, 4.69) is 28.8 Å². The Bertz CT molecular complexity index is 1010. The first-order valence-electron chi connectivity index (χ1n) is 11.0. The Morgan fingerprint density at radius 2 is 1.73 bits per heavy atom. The maximum atomic E-state index is 13.1. The number of ether oxygens (including phenoxy) is 3. The topological polar surface area (TPSA) is 109 Å². The summed E-state index contributed by atoms with van der Waals surface area (Å²) in [5.41, 5.74) is -1.19. The van der Waals surface area contributed by atoms with Crippen molar-refractivity contribution in [3.8, 4) is 0 Å². The van der Waals surface area contributed by atoms with E-state index in [1.165, 1.54) is 0 Å². The fourth-order valence-electron chi connectivity index (χ4n) is 3.64. The molecular weight excluding hydrogens is 450 g/mol. The lowest BCUT2D eigenvalue weighted by atomic mass is 10.0. The molecule has 3 atom stereocenters. The molecule has 3 heterocycles. The summed E-state index contributed by atoms with van der Waals surface area (Å²) in [6, 6.07) is 0. The number of hydrogen-bond donors (Lipinski definition) is 0. The monoisotopic (exact) mass is 481 g/mol. The second-order valence-electron chi connectivity index (χ2n) is 10.2. The fraction of sp³-hybridized carbons (Fsp3) is 0.682. The van der Waals surface area contributed by atoms with E-state index >= 15 is 0 Å². The Labute approximate surface area is 198 Å². The summed E-state index contributed by atoms with van der Waals surface area (Å²) in [7, 11) is 0. The van der Waals surface area contributed by atoms with Crippen molar-refractivity contribution in [2.45, 2.75) is 91.8 Å². The van der Waals surface area contributed by atoms with Crippen molar-refractivity contribution in [2.75, 3.05) is 4.90 Å². The second-order valence-corrected chi connectivity index (χ2v) is 10.5. The number of carbonyl (C=O) groups is 2. The number of imide groups is 1. The van der Waals surface area contributed by atoms with Gasteiger partial charge in [0.25, 0.3) is 0 Å². The van der Waals surface area contributed by atoms with Crippen LogP contribution in [-0.4, -0.2) is 49.0 Å². The van der Waals surface area contributed by atoms with Crippen molar-refractivity contribution in [2.24, 2.45) is 5.92 Å². The zero-order chi connectivity index (χ0) is 24.7. The average Bonchev–Trinajstić information content (AvgIpc) is 3.21. The highest BCUT2D eigenvalue weighted by Gasteiger charge is 2.38. The van der Waals surface area contributed by atoms with Gasteiger partial charge in [-0.15, -0.1) is 0 Å². The van der Waals surface area contributed by atoms with Crippen molar-refractivity contribution in [3.63, 3.8) is 0 Å². The van der Waals surface area contributed by atoms with Crippen LogP contribution in [0.4, 0.5) is 15.4 Å². The van der Waals surface area contributed by atoms with Gasteiger partial charge in [0, 0.05) is 0 Å². The SMILES string of the molecule is CC[C@H]1O[C@@H](n2cnc3c(N(C(=O)OC(C)(C)C)C(=O)OC(C)(C)C)nc(Cl)nc32)C[C@@H]1C. The van der Waals surface area contributed by atoms with Crippen LogP contribution in [0.5, 0.6) is 0 Å². The molecule has 0 radical (unpaired) electrons. The minimum atomic E-state index is -0.959. The average molecular weight is 482 g/mol. The number of hydrogen-bond acceptors (Lipinski definition) is 8. The number of fused-ring (bicyclic) bond motifs is 1. The molecule has 11 heteroatoms. The number of carbonyl (C=O) groups excluding carboxylic acids is 2. The fourth-order valence-corrected chi connectivity index (χ4v) is 3.80. The first-order chi connectivity index (χ1) is 15.2. The molecule has 33 heavy (non-hydrogen) atoms. The van der Waals surface area contributed by atoms with Gasteiger partial charge in [-0.25, -0.2) is 14.6 Å². The van der Waals surface area contributed by atoms with E-state index in [9.17, 15) is 9.59 Å².